The first-order valence-electron chi connectivity index (χ1n) is 11.7. The molecule has 0 radical (unpaired) electrons. The number of para-hydroxylation sites is 1. The van der Waals surface area contributed by atoms with Gasteiger partial charge in [0, 0.05) is 24.8 Å². The molecule has 2 saturated heterocycles. The summed E-state index contributed by atoms with van der Waals surface area (Å²) in [5.74, 6) is 1.69. The van der Waals surface area contributed by atoms with Crippen molar-refractivity contribution < 1.29 is 9.53 Å². The lowest BCUT2D eigenvalue weighted by molar-refractivity contribution is -0.125. The van der Waals surface area contributed by atoms with Crippen LogP contribution in [0.25, 0.3) is 0 Å². The van der Waals surface area contributed by atoms with Crippen LogP contribution < -0.4 is 15.0 Å². The molecule has 1 saturated carbocycles. The van der Waals surface area contributed by atoms with Crippen molar-refractivity contribution in [2.24, 2.45) is 0 Å². The van der Waals surface area contributed by atoms with E-state index >= 15 is 0 Å². The van der Waals surface area contributed by atoms with Gasteiger partial charge in [0.1, 0.15) is 11.3 Å². The van der Waals surface area contributed by atoms with Crippen LogP contribution in [0, 0.1) is 0 Å². The summed E-state index contributed by atoms with van der Waals surface area (Å²) >= 11 is 0. The van der Waals surface area contributed by atoms with E-state index in [0.29, 0.717) is 18.6 Å². The van der Waals surface area contributed by atoms with Gasteiger partial charge in [0.25, 0.3) is 0 Å². The van der Waals surface area contributed by atoms with E-state index in [1.807, 2.05) is 6.07 Å². The van der Waals surface area contributed by atoms with Crippen LogP contribution in [0.15, 0.2) is 54.6 Å². The van der Waals surface area contributed by atoms with Gasteiger partial charge >= 0.3 is 0 Å². The lowest BCUT2D eigenvalue weighted by Crippen LogP contribution is -2.58. The highest BCUT2D eigenvalue weighted by atomic mass is 16.5. The summed E-state index contributed by atoms with van der Waals surface area (Å²) in [5, 5.41) is 3.13. The van der Waals surface area contributed by atoms with E-state index < -0.39 is 5.54 Å². The Hall–Kier alpha value is -2.53. The van der Waals surface area contributed by atoms with Crippen molar-refractivity contribution in [3.8, 4) is 5.75 Å². The average Bonchev–Trinajstić information content (AvgIpc) is 3.15. The third-order valence-electron chi connectivity index (χ3n) is 7.77. The molecule has 3 aliphatic rings. The van der Waals surface area contributed by atoms with Crippen molar-refractivity contribution in [3.63, 3.8) is 0 Å². The zero-order valence-corrected chi connectivity index (χ0v) is 18.4. The van der Waals surface area contributed by atoms with E-state index in [0.717, 1.165) is 37.4 Å². The Labute approximate surface area is 185 Å². The molecule has 1 N–H and O–H groups in total. The molecule has 2 aromatic rings. The van der Waals surface area contributed by atoms with Crippen molar-refractivity contribution in [2.75, 3.05) is 31.8 Å². The van der Waals surface area contributed by atoms with Gasteiger partial charge < -0.3 is 15.0 Å². The monoisotopic (exact) mass is 419 g/mol. The van der Waals surface area contributed by atoms with E-state index in [1.54, 1.807) is 7.11 Å². The third-order valence-corrected chi connectivity index (χ3v) is 7.77. The molecule has 2 atom stereocenters. The number of benzene rings is 2. The van der Waals surface area contributed by atoms with Gasteiger partial charge in [-0.25, -0.2) is 0 Å². The minimum atomic E-state index is -0.401. The Morgan fingerprint density at radius 2 is 1.68 bits per heavy atom. The minimum Gasteiger partial charge on any atom is -0.497 e. The highest BCUT2D eigenvalue weighted by Crippen LogP contribution is 2.41. The van der Waals surface area contributed by atoms with Gasteiger partial charge in [-0.3, -0.25) is 9.69 Å². The summed E-state index contributed by atoms with van der Waals surface area (Å²) in [6, 6.07) is 19.6. The summed E-state index contributed by atoms with van der Waals surface area (Å²) in [6.45, 7) is 2.57. The van der Waals surface area contributed by atoms with Crippen LogP contribution in [0.5, 0.6) is 5.75 Å². The molecule has 5 nitrogen and oxygen atoms in total. The number of nitrogens with one attached hydrogen (secondary N) is 1. The number of hydrogen-bond donors (Lipinski definition) is 1. The van der Waals surface area contributed by atoms with Gasteiger partial charge in [-0.2, -0.15) is 0 Å². The molecule has 1 amide bonds. The summed E-state index contributed by atoms with van der Waals surface area (Å²) in [4.78, 5) is 18.0. The largest absolute Gasteiger partial charge is 0.497 e. The zero-order chi connectivity index (χ0) is 21.3. The molecule has 5 heteroatoms. The van der Waals surface area contributed by atoms with Crippen LogP contribution >= 0.6 is 0 Å². The maximum absolute atomic E-state index is 13.0. The second-order valence-electron chi connectivity index (χ2n) is 9.23. The molecule has 1 aliphatic carbocycles. The van der Waals surface area contributed by atoms with Crippen LogP contribution in [0.1, 0.15) is 50.0 Å². The molecule has 2 heterocycles. The Balaban J connectivity index is 1.33. The number of rotatable bonds is 4. The number of carbonyl (C=O) groups excluding carboxylic acids is 1. The molecule has 0 bridgehead atoms. The van der Waals surface area contributed by atoms with Gasteiger partial charge in [-0.15, -0.1) is 0 Å². The lowest BCUT2D eigenvalue weighted by atomic mass is 9.77. The van der Waals surface area contributed by atoms with Crippen molar-refractivity contribution >= 4 is 11.6 Å². The number of amides is 1. The fourth-order valence-corrected chi connectivity index (χ4v) is 6.05. The average molecular weight is 420 g/mol. The lowest BCUT2D eigenvalue weighted by Gasteiger charge is -2.48. The smallest absolute Gasteiger partial charge is 0.247 e. The molecule has 31 heavy (non-hydrogen) atoms. The standard InChI is InChI=1S/C26H33N3O2/c1-31-22-13-11-20(12-14-22)23-9-5-6-10-24(23)28-17-15-26(16-18-28)25(30)27-19-29(26)21-7-3-2-4-8-21/h2-4,7-8,11-14,23-24H,5-6,9-10,15-19H2,1H3,(H,27,30)/t23-,24-/m1/s1. The maximum atomic E-state index is 13.0. The van der Waals surface area contributed by atoms with Crippen molar-refractivity contribution in [2.45, 2.75) is 56.0 Å². The molecule has 3 fully saturated rings. The number of hydrogen-bond acceptors (Lipinski definition) is 4. The second kappa shape index (κ2) is 8.54. The van der Waals surface area contributed by atoms with Gasteiger partial charge in [-0.1, -0.05) is 43.2 Å². The van der Waals surface area contributed by atoms with Gasteiger partial charge in [0.15, 0.2) is 0 Å². The predicted octanol–water partition coefficient (Wildman–Crippen LogP) is 4.15. The number of anilines is 1. The van der Waals surface area contributed by atoms with Crippen molar-refractivity contribution in [3.05, 3.63) is 60.2 Å². The van der Waals surface area contributed by atoms with Crippen LogP contribution in [0.2, 0.25) is 0 Å². The number of piperidine rings is 1. The Morgan fingerprint density at radius 3 is 2.39 bits per heavy atom. The number of likely N-dealkylation sites (tertiary alicyclic amines) is 1. The van der Waals surface area contributed by atoms with Crippen molar-refractivity contribution in [1.29, 1.82) is 0 Å². The fourth-order valence-electron chi connectivity index (χ4n) is 6.05. The first-order valence-corrected chi connectivity index (χ1v) is 11.7. The van der Waals surface area contributed by atoms with Gasteiger partial charge in [0.05, 0.1) is 13.8 Å². The highest BCUT2D eigenvalue weighted by molar-refractivity contribution is 5.93. The molecule has 164 valence electrons. The SMILES string of the molecule is COc1ccc([C@H]2CCCC[C@H]2N2CCC3(CC2)C(=O)NCN3c2ccccc2)cc1. The number of methoxy groups -OCH3 is 1. The van der Waals surface area contributed by atoms with E-state index in [4.69, 9.17) is 4.74 Å². The molecule has 5 rings (SSSR count). The van der Waals surface area contributed by atoms with E-state index in [9.17, 15) is 4.79 Å². The minimum absolute atomic E-state index is 0.200. The second-order valence-corrected chi connectivity index (χ2v) is 9.23. The summed E-state index contributed by atoms with van der Waals surface area (Å²) in [5.41, 5.74) is 2.17. The van der Waals surface area contributed by atoms with Crippen LogP contribution in [-0.2, 0) is 4.79 Å². The zero-order valence-electron chi connectivity index (χ0n) is 18.4. The molecular formula is C26H33N3O2. The summed E-state index contributed by atoms with van der Waals surface area (Å²) in [6.07, 6.45) is 6.87. The highest BCUT2D eigenvalue weighted by Gasteiger charge is 2.51. The Kier molecular flexibility index (Phi) is 5.61. The summed E-state index contributed by atoms with van der Waals surface area (Å²) in [7, 11) is 1.72. The molecule has 0 unspecified atom stereocenters. The third kappa shape index (κ3) is 3.69. The maximum Gasteiger partial charge on any atom is 0.247 e. The quantitative estimate of drug-likeness (QED) is 0.809. The first kappa shape index (κ1) is 20.4. The summed E-state index contributed by atoms with van der Waals surface area (Å²) < 4.78 is 5.36. The van der Waals surface area contributed by atoms with Gasteiger partial charge in [-0.05, 0) is 61.4 Å². The van der Waals surface area contributed by atoms with Crippen LogP contribution in [0.4, 0.5) is 5.69 Å². The van der Waals surface area contributed by atoms with Gasteiger partial charge in [0.2, 0.25) is 5.91 Å². The number of nitrogens with zero attached hydrogens (tertiary/aromatic N) is 2. The van der Waals surface area contributed by atoms with Crippen LogP contribution in [-0.4, -0.2) is 49.3 Å². The molecule has 1 spiro atoms. The Morgan fingerprint density at radius 1 is 0.968 bits per heavy atom. The topological polar surface area (TPSA) is 44.8 Å². The number of carbonyl (C=O) groups is 1. The van der Waals surface area contributed by atoms with E-state index in [2.05, 4.69) is 63.6 Å². The van der Waals surface area contributed by atoms with E-state index in [-0.39, 0.29) is 5.91 Å². The Bertz CT molecular complexity index is 891. The van der Waals surface area contributed by atoms with E-state index in [1.165, 1.54) is 31.2 Å². The predicted molar refractivity (Wildman–Crippen MR) is 123 cm³/mol. The molecular weight excluding hydrogens is 386 g/mol. The normalized spacial score (nSPS) is 26.1. The van der Waals surface area contributed by atoms with Crippen molar-refractivity contribution in [1.82, 2.24) is 10.2 Å². The first-order chi connectivity index (χ1) is 15.2. The molecule has 2 aliphatic heterocycles. The molecule has 2 aromatic carbocycles. The number of ether oxygens (including phenoxy) is 1. The van der Waals surface area contributed by atoms with Crippen LogP contribution in [0.3, 0.4) is 0 Å². The molecule has 0 aromatic heterocycles. The fraction of sp³-hybridized carbons (Fsp3) is 0.500.